The van der Waals surface area contributed by atoms with E-state index >= 15 is 0 Å². The second kappa shape index (κ2) is 6.88. The predicted molar refractivity (Wildman–Crippen MR) is 87.8 cm³/mol. The van der Waals surface area contributed by atoms with Gasteiger partial charge in [0.15, 0.2) is 0 Å². The Balaban J connectivity index is 2.32. The number of benzene rings is 2. The van der Waals surface area contributed by atoms with Crippen molar-refractivity contribution in [3.63, 3.8) is 0 Å². The van der Waals surface area contributed by atoms with Gasteiger partial charge in [0, 0.05) is 16.8 Å². The van der Waals surface area contributed by atoms with Crippen molar-refractivity contribution in [1.82, 2.24) is 4.90 Å². The third-order valence-corrected chi connectivity index (χ3v) is 6.64. The molecule has 2 nitrogen and oxygen atoms in total. The topological polar surface area (TPSA) is 20.3 Å². The van der Waals surface area contributed by atoms with Crippen LogP contribution < -0.4 is 10.6 Å². The second-order valence-corrected chi connectivity index (χ2v) is 8.25. The first-order valence-corrected chi connectivity index (χ1v) is 8.87. The van der Waals surface area contributed by atoms with E-state index in [1.54, 1.807) is 0 Å². The van der Waals surface area contributed by atoms with Crippen molar-refractivity contribution in [2.75, 3.05) is 26.8 Å². The summed E-state index contributed by atoms with van der Waals surface area (Å²) in [6.07, 6.45) is 1.66. The number of hydrogen-bond donors (Lipinski definition) is 0. The molecule has 0 radical (unpaired) electrons. The van der Waals surface area contributed by atoms with Crippen LogP contribution in [0.25, 0.3) is 0 Å². The molecule has 0 saturated heterocycles. The summed E-state index contributed by atoms with van der Waals surface area (Å²) in [5.74, 6) is 0. The zero-order valence-electron chi connectivity index (χ0n) is 12.2. The minimum Gasteiger partial charge on any atom is -0.314 e. The number of hydrogen-bond acceptors (Lipinski definition) is 2. The van der Waals surface area contributed by atoms with Gasteiger partial charge in [-0.3, -0.25) is 0 Å². The van der Waals surface area contributed by atoms with Gasteiger partial charge in [-0.2, -0.15) is 0 Å². The van der Waals surface area contributed by atoms with Gasteiger partial charge in [-0.05, 0) is 27.1 Å². The van der Waals surface area contributed by atoms with Gasteiger partial charge in [-0.25, -0.2) is 0 Å². The SMILES string of the molecule is CN(C)CCCP(=O)(c1ccccc1)c1ccccc1. The highest BCUT2D eigenvalue weighted by Crippen LogP contribution is 2.43. The summed E-state index contributed by atoms with van der Waals surface area (Å²) < 4.78 is 13.6. The monoisotopic (exact) mass is 287 g/mol. The molecule has 0 bridgehead atoms. The average Bonchev–Trinajstić information content (AvgIpc) is 2.48. The van der Waals surface area contributed by atoms with E-state index in [0.717, 1.165) is 29.7 Å². The van der Waals surface area contributed by atoms with Crippen molar-refractivity contribution in [3.05, 3.63) is 60.7 Å². The molecule has 0 saturated carbocycles. The molecule has 0 atom stereocenters. The lowest BCUT2D eigenvalue weighted by molar-refractivity contribution is 0.408. The van der Waals surface area contributed by atoms with Crippen LogP contribution in [0.2, 0.25) is 0 Å². The lowest BCUT2D eigenvalue weighted by Gasteiger charge is -2.20. The number of nitrogens with zero attached hydrogens (tertiary/aromatic N) is 1. The van der Waals surface area contributed by atoms with E-state index in [-0.39, 0.29) is 0 Å². The maximum Gasteiger partial charge on any atom is 0.143 e. The molecule has 2 aromatic rings. The van der Waals surface area contributed by atoms with Gasteiger partial charge in [0.2, 0.25) is 0 Å². The standard InChI is InChI=1S/C17H22NOP/c1-18(2)14-9-15-20(19,16-10-5-3-6-11-16)17-12-7-4-8-13-17/h3-8,10-13H,9,14-15H2,1-2H3. The molecule has 0 aliphatic heterocycles. The first kappa shape index (κ1) is 15.0. The molecule has 0 amide bonds. The predicted octanol–water partition coefficient (Wildman–Crippen LogP) is 2.95. The van der Waals surface area contributed by atoms with E-state index in [4.69, 9.17) is 0 Å². The third kappa shape index (κ3) is 3.59. The highest BCUT2D eigenvalue weighted by Gasteiger charge is 2.26. The Kier molecular flexibility index (Phi) is 5.17. The summed E-state index contributed by atoms with van der Waals surface area (Å²) in [5, 5.41) is 1.93. The third-order valence-electron chi connectivity index (χ3n) is 3.42. The Labute approximate surface area is 121 Å². The number of rotatable bonds is 6. The fourth-order valence-electron chi connectivity index (χ4n) is 2.35. The minimum absolute atomic E-state index is 0.721. The van der Waals surface area contributed by atoms with Gasteiger partial charge < -0.3 is 9.46 Å². The molecule has 2 aromatic carbocycles. The summed E-state index contributed by atoms with van der Waals surface area (Å²) in [5.41, 5.74) is 0. The van der Waals surface area contributed by atoms with Gasteiger partial charge in [-0.1, -0.05) is 60.7 Å². The van der Waals surface area contributed by atoms with Crippen LogP contribution in [0.4, 0.5) is 0 Å². The maximum atomic E-state index is 13.6. The molecule has 0 aliphatic rings. The van der Waals surface area contributed by atoms with E-state index in [9.17, 15) is 4.57 Å². The molecule has 0 aromatic heterocycles. The highest BCUT2D eigenvalue weighted by molar-refractivity contribution is 7.78. The lowest BCUT2D eigenvalue weighted by Crippen LogP contribution is -2.21. The minimum atomic E-state index is -2.51. The Morgan fingerprint density at radius 1 is 0.850 bits per heavy atom. The van der Waals surface area contributed by atoms with E-state index in [1.165, 1.54) is 0 Å². The molecule has 3 heteroatoms. The fraction of sp³-hybridized carbons (Fsp3) is 0.294. The zero-order valence-corrected chi connectivity index (χ0v) is 13.1. The van der Waals surface area contributed by atoms with Gasteiger partial charge in [0.1, 0.15) is 7.14 Å². The van der Waals surface area contributed by atoms with Crippen molar-refractivity contribution in [2.45, 2.75) is 6.42 Å². The van der Waals surface area contributed by atoms with Crippen LogP contribution in [0.5, 0.6) is 0 Å². The van der Waals surface area contributed by atoms with Gasteiger partial charge in [-0.15, -0.1) is 0 Å². The van der Waals surface area contributed by atoms with Crippen molar-refractivity contribution < 1.29 is 4.57 Å². The Morgan fingerprint density at radius 3 is 1.70 bits per heavy atom. The summed E-state index contributed by atoms with van der Waals surface area (Å²) in [6.45, 7) is 0.962. The highest BCUT2D eigenvalue weighted by atomic mass is 31.2. The quantitative estimate of drug-likeness (QED) is 0.761. The molecular weight excluding hydrogens is 265 g/mol. The van der Waals surface area contributed by atoms with Gasteiger partial charge >= 0.3 is 0 Å². The maximum absolute atomic E-state index is 13.6. The first-order valence-electron chi connectivity index (χ1n) is 6.98. The molecular formula is C17H22NOP. The molecule has 0 unspecified atom stereocenters. The second-order valence-electron chi connectivity index (χ2n) is 5.29. The molecule has 0 N–H and O–H groups in total. The van der Waals surface area contributed by atoms with Gasteiger partial charge in [0.25, 0.3) is 0 Å². The van der Waals surface area contributed by atoms with E-state index < -0.39 is 7.14 Å². The van der Waals surface area contributed by atoms with E-state index in [1.807, 2.05) is 60.7 Å². The van der Waals surface area contributed by atoms with Crippen molar-refractivity contribution in [1.29, 1.82) is 0 Å². The average molecular weight is 287 g/mol. The summed E-state index contributed by atoms with van der Waals surface area (Å²) in [4.78, 5) is 2.14. The molecule has 0 spiro atoms. The first-order chi connectivity index (χ1) is 9.63. The van der Waals surface area contributed by atoms with Crippen LogP contribution in [-0.2, 0) is 4.57 Å². The van der Waals surface area contributed by atoms with Crippen LogP contribution in [0.1, 0.15) is 6.42 Å². The largest absolute Gasteiger partial charge is 0.314 e. The summed E-state index contributed by atoms with van der Waals surface area (Å²) in [7, 11) is 1.60. The fourth-order valence-corrected chi connectivity index (χ4v) is 5.06. The van der Waals surface area contributed by atoms with Crippen molar-refractivity contribution >= 4 is 17.8 Å². The van der Waals surface area contributed by atoms with Crippen LogP contribution in [0.3, 0.4) is 0 Å². The zero-order chi connectivity index (χ0) is 14.4. The Bertz CT molecular complexity index is 523. The van der Waals surface area contributed by atoms with Crippen LogP contribution in [0.15, 0.2) is 60.7 Å². The summed E-state index contributed by atoms with van der Waals surface area (Å²) in [6, 6.07) is 19.8. The molecule has 106 valence electrons. The molecule has 0 aliphatic carbocycles. The lowest BCUT2D eigenvalue weighted by atomic mass is 10.4. The molecule has 2 rings (SSSR count). The van der Waals surface area contributed by atoms with Gasteiger partial charge in [0.05, 0.1) is 0 Å². The summed E-state index contributed by atoms with van der Waals surface area (Å²) >= 11 is 0. The molecule has 0 heterocycles. The van der Waals surface area contributed by atoms with Crippen LogP contribution in [-0.4, -0.2) is 31.7 Å². The van der Waals surface area contributed by atoms with Crippen LogP contribution >= 0.6 is 7.14 Å². The van der Waals surface area contributed by atoms with Crippen molar-refractivity contribution in [2.24, 2.45) is 0 Å². The smallest absolute Gasteiger partial charge is 0.143 e. The Hall–Kier alpha value is -1.37. The van der Waals surface area contributed by atoms with Crippen molar-refractivity contribution in [3.8, 4) is 0 Å². The molecule has 0 fully saturated rings. The molecule has 20 heavy (non-hydrogen) atoms. The normalized spacial score (nSPS) is 11.8. The Morgan fingerprint density at radius 2 is 1.30 bits per heavy atom. The van der Waals surface area contributed by atoms with E-state index in [2.05, 4.69) is 19.0 Å². The van der Waals surface area contributed by atoms with E-state index in [0.29, 0.717) is 0 Å². The van der Waals surface area contributed by atoms with Crippen LogP contribution in [0, 0.1) is 0 Å².